The van der Waals surface area contributed by atoms with Gasteiger partial charge in [0.05, 0.1) is 11.6 Å². The summed E-state index contributed by atoms with van der Waals surface area (Å²) in [7, 11) is 0. The van der Waals surface area contributed by atoms with Crippen LogP contribution in [0.15, 0.2) is 42.6 Å². The molecule has 3 aromatic rings. The predicted octanol–water partition coefficient (Wildman–Crippen LogP) is 3.72. The quantitative estimate of drug-likeness (QED) is 0.726. The first-order valence-electron chi connectivity index (χ1n) is 6.42. The molecule has 21 heavy (non-hydrogen) atoms. The molecule has 0 spiro atoms. The zero-order valence-electron chi connectivity index (χ0n) is 11.3. The summed E-state index contributed by atoms with van der Waals surface area (Å²) in [6.45, 7) is 1.65. The van der Waals surface area contributed by atoms with Crippen LogP contribution in [-0.4, -0.2) is 10.8 Å². The highest BCUT2D eigenvalue weighted by atomic mass is 19.1. The second-order valence-corrected chi connectivity index (χ2v) is 4.87. The van der Waals surface area contributed by atoms with E-state index >= 15 is 0 Å². The van der Waals surface area contributed by atoms with Gasteiger partial charge in [0, 0.05) is 28.2 Å². The van der Waals surface area contributed by atoms with Crippen molar-refractivity contribution in [3.63, 3.8) is 0 Å². The number of nitrogens with zero attached hydrogens (tertiary/aromatic N) is 1. The molecule has 1 N–H and O–H groups in total. The number of aromatic nitrogens is 1. The third-order valence-corrected chi connectivity index (χ3v) is 3.49. The van der Waals surface area contributed by atoms with Crippen LogP contribution in [0.2, 0.25) is 0 Å². The van der Waals surface area contributed by atoms with Gasteiger partial charge in [0.15, 0.2) is 5.78 Å². The minimum Gasteiger partial charge on any atom is -0.360 e. The average Bonchev–Trinajstić information content (AvgIpc) is 2.92. The largest absolute Gasteiger partial charge is 0.360 e. The van der Waals surface area contributed by atoms with E-state index in [1.54, 1.807) is 43.5 Å². The van der Waals surface area contributed by atoms with Crippen LogP contribution in [0.4, 0.5) is 4.39 Å². The average molecular weight is 278 g/mol. The summed E-state index contributed by atoms with van der Waals surface area (Å²) in [6.07, 6.45) is 1.59. The van der Waals surface area contributed by atoms with Crippen molar-refractivity contribution >= 4 is 16.7 Å². The van der Waals surface area contributed by atoms with Crippen LogP contribution in [0, 0.1) is 24.1 Å². The Labute approximate surface area is 120 Å². The molecule has 0 radical (unpaired) electrons. The summed E-state index contributed by atoms with van der Waals surface area (Å²) in [6, 6.07) is 11.6. The number of H-pyrrole nitrogens is 1. The molecule has 0 bridgehead atoms. The fourth-order valence-electron chi connectivity index (χ4n) is 2.27. The lowest BCUT2D eigenvalue weighted by molar-refractivity contribution is 0.104. The number of carbonyl (C=O) groups is 1. The van der Waals surface area contributed by atoms with Crippen LogP contribution in [0.25, 0.3) is 10.9 Å². The van der Waals surface area contributed by atoms with E-state index in [4.69, 9.17) is 5.26 Å². The maximum absolute atomic E-state index is 13.6. The maximum atomic E-state index is 13.6. The molecule has 3 rings (SSSR count). The molecule has 0 saturated carbocycles. The van der Waals surface area contributed by atoms with Crippen molar-refractivity contribution in [1.82, 2.24) is 4.98 Å². The zero-order chi connectivity index (χ0) is 15.0. The third kappa shape index (κ3) is 2.19. The number of hydrogen-bond acceptors (Lipinski definition) is 2. The lowest BCUT2D eigenvalue weighted by Gasteiger charge is -2.02. The van der Waals surface area contributed by atoms with Crippen LogP contribution < -0.4 is 0 Å². The van der Waals surface area contributed by atoms with Crippen molar-refractivity contribution in [2.75, 3.05) is 0 Å². The van der Waals surface area contributed by atoms with E-state index in [-0.39, 0.29) is 5.78 Å². The van der Waals surface area contributed by atoms with Crippen LogP contribution in [-0.2, 0) is 0 Å². The van der Waals surface area contributed by atoms with E-state index in [2.05, 4.69) is 4.98 Å². The Morgan fingerprint density at radius 1 is 1.24 bits per heavy atom. The molecule has 1 aromatic heterocycles. The SMILES string of the molecule is Cc1ccc(C(=O)c2c[nH]c3cc(C#N)ccc23)cc1F. The van der Waals surface area contributed by atoms with Gasteiger partial charge in [0.2, 0.25) is 0 Å². The number of rotatable bonds is 2. The molecule has 4 heteroatoms. The molecule has 0 aliphatic carbocycles. The van der Waals surface area contributed by atoms with Crippen LogP contribution in [0.5, 0.6) is 0 Å². The van der Waals surface area contributed by atoms with Gasteiger partial charge in [-0.15, -0.1) is 0 Å². The predicted molar refractivity (Wildman–Crippen MR) is 77.6 cm³/mol. The van der Waals surface area contributed by atoms with Crippen molar-refractivity contribution in [2.45, 2.75) is 6.92 Å². The van der Waals surface area contributed by atoms with Gasteiger partial charge >= 0.3 is 0 Å². The lowest BCUT2D eigenvalue weighted by atomic mass is 10.0. The summed E-state index contributed by atoms with van der Waals surface area (Å²) in [5.74, 6) is -0.641. The van der Waals surface area contributed by atoms with Gasteiger partial charge in [-0.25, -0.2) is 4.39 Å². The first-order valence-corrected chi connectivity index (χ1v) is 6.42. The van der Waals surface area contributed by atoms with E-state index in [1.807, 2.05) is 6.07 Å². The Morgan fingerprint density at radius 3 is 2.76 bits per heavy atom. The highest BCUT2D eigenvalue weighted by Gasteiger charge is 2.15. The van der Waals surface area contributed by atoms with Gasteiger partial charge in [-0.05, 0) is 30.7 Å². The molecule has 0 fully saturated rings. The minimum atomic E-state index is -0.396. The van der Waals surface area contributed by atoms with Crippen molar-refractivity contribution in [1.29, 1.82) is 5.26 Å². The van der Waals surface area contributed by atoms with Crippen molar-refractivity contribution in [3.8, 4) is 6.07 Å². The van der Waals surface area contributed by atoms with Gasteiger partial charge in [-0.3, -0.25) is 4.79 Å². The molecule has 0 unspecified atom stereocenters. The monoisotopic (exact) mass is 278 g/mol. The normalized spacial score (nSPS) is 10.5. The first-order chi connectivity index (χ1) is 10.1. The Hall–Kier alpha value is -2.93. The molecule has 0 saturated heterocycles. The second-order valence-electron chi connectivity index (χ2n) is 4.87. The van der Waals surface area contributed by atoms with Crippen LogP contribution in [0.3, 0.4) is 0 Å². The number of halogens is 1. The molecular weight excluding hydrogens is 267 g/mol. The number of benzene rings is 2. The number of hydrogen-bond donors (Lipinski definition) is 1. The maximum Gasteiger partial charge on any atom is 0.195 e. The Morgan fingerprint density at radius 2 is 2.05 bits per heavy atom. The smallest absolute Gasteiger partial charge is 0.195 e. The number of aromatic amines is 1. The van der Waals surface area contributed by atoms with Crippen LogP contribution in [0.1, 0.15) is 27.0 Å². The van der Waals surface area contributed by atoms with Gasteiger partial charge in [-0.1, -0.05) is 18.2 Å². The molecule has 0 aliphatic rings. The molecule has 1 heterocycles. The number of fused-ring (bicyclic) bond motifs is 1. The second kappa shape index (κ2) is 4.88. The number of nitriles is 1. The summed E-state index contributed by atoms with van der Waals surface area (Å²) >= 11 is 0. The number of ketones is 1. The first kappa shape index (κ1) is 13.1. The molecule has 2 aromatic carbocycles. The lowest BCUT2D eigenvalue weighted by Crippen LogP contribution is -2.01. The van der Waals surface area contributed by atoms with Gasteiger partial charge in [-0.2, -0.15) is 5.26 Å². The molecular formula is C17H11FN2O. The summed E-state index contributed by atoms with van der Waals surface area (Å²) in [5, 5.41) is 9.60. The third-order valence-electron chi connectivity index (χ3n) is 3.49. The fourth-order valence-corrected chi connectivity index (χ4v) is 2.27. The Bertz CT molecular complexity index is 903. The van der Waals surface area contributed by atoms with E-state index in [1.165, 1.54) is 6.07 Å². The summed E-state index contributed by atoms with van der Waals surface area (Å²) in [4.78, 5) is 15.5. The number of carbonyl (C=O) groups excluding carboxylic acids is 1. The van der Waals surface area contributed by atoms with Crippen molar-refractivity contribution in [3.05, 3.63) is 70.7 Å². The highest BCUT2D eigenvalue weighted by Crippen LogP contribution is 2.23. The van der Waals surface area contributed by atoms with E-state index < -0.39 is 5.82 Å². The molecule has 0 aliphatic heterocycles. The molecule has 3 nitrogen and oxygen atoms in total. The van der Waals surface area contributed by atoms with E-state index in [0.29, 0.717) is 27.8 Å². The van der Waals surface area contributed by atoms with E-state index in [9.17, 15) is 9.18 Å². The van der Waals surface area contributed by atoms with Crippen molar-refractivity contribution in [2.24, 2.45) is 0 Å². The van der Waals surface area contributed by atoms with Gasteiger partial charge in [0.25, 0.3) is 0 Å². The zero-order valence-corrected chi connectivity index (χ0v) is 11.3. The number of aryl methyl sites for hydroxylation is 1. The Kier molecular flexibility index (Phi) is 3.03. The molecule has 0 amide bonds. The molecule has 102 valence electrons. The minimum absolute atomic E-state index is 0.246. The van der Waals surface area contributed by atoms with Crippen molar-refractivity contribution < 1.29 is 9.18 Å². The number of nitrogens with one attached hydrogen (secondary N) is 1. The highest BCUT2D eigenvalue weighted by molar-refractivity contribution is 6.16. The topological polar surface area (TPSA) is 56.6 Å². The van der Waals surface area contributed by atoms with Gasteiger partial charge in [0.1, 0.15) is 5.82 Å². The standard InChI is InChI=1S/C17H11FN2O/c1-10-2-4-12(7-15(10)18)17(21)14-9-20-16-6-11(8-19)3-5-13(14)16/h2-7,9,20H,1H3. The summed E-state index contributed by atoms with van der Waals surface area (Å²) < 4.78 is 13.6. The fraction of sp³-hybridized carbons (Fsp3) is 0.0588. The summed E-state index contributed by atoms with van der Waals surface area (Å²) in [5.41, 5.74) is 2.51. The Balaban J connectivity index is 2.09. The van der Waals surface area contributed by atoms with Crippen LogP contribution >= 0.6 is 0 Å². The van der Waals surface area contributed by atoms with E-state index in [0.717, 1.165) is 5.39 Å². The molecule has 0 atom stereocenters. The van der Waals surface area contributed by atoms with Gasteiger partial charge < -0.3 is 4.98 Å².